The first kappa shape index (κ1) is 17.2. The molecular weight excluding hydrogens is 325 g/mol. The molecule has 7 heteroatoms. The van der Waals surface area contributed by atoms with Crippen molar-refractivity contribution < 1.29 is 9.53 Å². The van der Waals surface area contributed by atoms with Gasteiger partial charge in [-0.2, -0.15) is 0 Å². The number of pyridine rings is 1. The average Bonchev–Trinajstić information content (AvgIpc) is 2.66. The van der Waals surface area contributed by atoms with Crippen LogP contribution in [0.4, 0.5) is 10.5 Å². The van der Waals surface area contributed by atoms with Crippen molar-refractivity contribution in [3.8, 4) is 0 Å². The van der Waals surface area contributed by atoms with Gasteiger partial charge in [-0.15, -0.1) is 0 Å². The van der Waals surface area contributed by atoms with Gasteiger partial charge in [0.05, 0.1) is 5.69 Å². The fraction of sp³-hybridized carbons (Fsp3) is 0.600. The summed E-state index contributed by atoms with van der Waals surface area (Å²) in [5.41, 5.74) is 0.373. The molecular formula is C15H21Cl2N3O2. The molecule has 5 nitrogen and oxygen atoms in total. The van der Waals surface area contributed by atoms with Crippen LogP contribution in [0.25, 0.3) is 0 Å². The van der Waals surface area contributed by atoms with E-state index in [1.54, 1.807) is 11.1 Å². The van der Waals surface area contributed by atoms with Crippen LogP contribution in [-0.2, 0) is 4.74 Å². The van der Waals surface area contributed by atoms with Gasteiger partial charge in [0.25, 0.3) is 0 Å². The van der Waals surface area contributed by atoms with Gasteiger partial charge in [-0.05, 0) is 33.3 Å². The molecule has 0 bridgehead atoms. The van der Waals surface area contributed by atoms with Crippen molar-refractivity contribution in [3.63, 3.8) is 0 Å². The summed E-state index contributed by atoms with van der Waals surface area (Å²) in [6.07, 6.45) is 2.21. The molecule has 0 saturated carbocycles. The molecule has 1 saturated heterocycles. The van der Waals surface area contributed by atoms with Crippen LogP contribution in [0.2, 0.25) is 10.2 Å². The zero-order valence-electron chi connectivity index (χ0n) is 13.1. The largest absolute Gasteiger partial charge is 0.444 e. The lowest BCUT2D eigenvalue weighted by Gasteiger charge is -2.27. The number of carbonyl (C=O) groups excluding carboxylic acids is 1. The van der Waals surface area contributed by atoms with E-state index in [9.17, 15) is 4.79 Å². The molecule has 1 fully saturated rings. The third kappa shape index (κ3) is 4.40. The first-order chi connectivity index (χ1) is 10.3. The minimum absolute atomic E-state index is 0.270. The van der Waals surface area contributed by atoms with Crippen LogP contribution in [0.15, 0.2) is 12.3 Å². The highest BCUT2D eigenvalue weighted by atomic mass is 35.5. The van der Waals surface area contributed by atoms with Crippen LogP contribution in [0.3, 0.4) is 0 Å². The number of anilines is 1. The van der Waals surface area contributed by atoms with Gasteiger partial charge in [-0.3, -0.25) is 0 Å². The zero-order valence-corrected chi connectivity index (χ0v) is 14.6. The Kier molecular flexibility index (Phi) is 5.40. The Balaban J connectivity index is 2.04. The number of aromatic nitrogens is 1. The van der Waals surface area contributed by atoms with Crippen molar-refractivity contribution in [2.24, 2.45) is 0 Å². The molecule has 0 radical (unpaired) electrons. The molecule has 0 spiro atoms. The molecule has 0 aromatic carbocycles. The smallest absolute Gasteiger partial charge is 0.410 e. The summed E-state index contributed by atoms with van der Waals surface area (Å²) in [6.45, 7) is 8.35. The summed E-state index contributed by atoms with van der Waals surface area (Å²) in [6, 6.07) is 1.84. The van der Waals surface area contributed by atoms with E-state index in [2.05, 4.69) is 9.88 Å². The van der Waals surface area contributed by atoms with E-state index in [-0.39, 0.29) is 6.09 Å². The summed E-state index contributed by atoms with van der Waals surface area (Å²) >= 11 is 12.2. The average molecular weight is 346 g/mol. The maximum Gasteiger partial charge on any atom is 0.410 e. The lowest BCUT2D eigenvalue weighted by atomic mass is 10.2. The number of carbonyl (C=O) groups is 1. The van der Waals surface area contributed by atoms with E-state index >= 15 is 0 Å². The fourth-order valence-electron chi connectivity index (χ4n) is 2.32. The predicted molar refractivity (Wildman–Crippen MR) is 88.9 cm³/mol. The van der Waals surface area contributed by atoms with E-state index in [0.29, 0.717) is 29.8 Å². The van der Waals surface area contributed by atoms with Crippen molar-refractivity contribution in [3.05, 3.63) is 22.4 Å². The second-order valence-electron chi connectivity index (χ2n) is 6.24. The minimum atomic E-state index is -0.481. The van der Waals surface area contributed by atoms with Gasteiger partial charge >= 0.3 is 6.09 Å². The normalized spacial score (nSPS) is 16.4. The standard InChI is InChI=1S/C15H21Cl2N3O2/c1-15(2,3)22-14(21)20-8-4-7-19(9-10-20)11-5-6-18-13(17)12(11)16/h5-6H,4,7-10H2,1-3H3. The molecule has 2 rings (SSSR count). The van der Waals surface area contributed by atoms with Crippen LogP contribution in [0.1, 0.15) is 27.2 Å². The Morgan fingerprint density at radius 3 is 2.64 bits per heavy atom. The van der Waals surface area contributed by atoms with Crippen molar-refractivity contribution in [1.82, 2.24) is 9.88 Å². The van der Waals surface area contributed by atoms with E-state index in [1.165, 1.54) is 0 Å². The minimum Gasteiger partial charge on any atom is -0.444 e. The third-order valence-corrected chi connectivity index (χ3v) is 4.07. The second-order valence-corrected chi connectivity index (χ2v) is 6.98. The highest BCUT2D eigenvalue weighted by molar-refractivity contribution is 6.42. The summed E-state index contributed by atoms with van der Waals surface area (Å²) in [5.74, 6) is 0. The number of nitrogens with zero attached hydrogens (tertiary/aromatic N) is 3. The number of amides is 1. The van der Waals surface area contributed by atoms with Gasteiger partial charge in [0, 0.05) is 32.4 Å². The molecule has 1 aromatic rings. The summed E-state index contributed by atoms with van der Waals surface area (Å²) in [5, 5.41) is 0.752. The van der Waals surface area contributed by atoms with Gasteiger partial charge in [0.2, 0.25) is 0 Å². The Morgan fingerprint density at radius 2 is 1.95 bits per heavy atom. The number of hydrogen-bond donors (Lipinski definition) is 0. The summed E-state index contributed by atoms with van der Waals surface area (Å²) in [4.78, 5) is 20.0. The Bertz CT molecular complexity index is 546. The van der Waals surface area contributed by atoms with Crippen LogP contribution in [0, 0.1) is 0 Å². The maximum absolute atomic E-state index is 12.2. The first-order valence-corrected chi connectivity index (χ1v) is 8.06. The van der Waals surface area contributed by atoms with Crippen LogP contribution in [-0.4, -0.2) is 47.8 Å². The number of hydrogen-bond acceptors (Lipinski definition) is 4. The van der Waals surface area contributed by atoms with E-state index < -0.39 is 5.60 Å². The number of rotatable bonds is 1. The summed E-state index contributed by atoms with van der Waals surface area (Å²) < 4.78 is 5.43. The molecule has 0 atom stereocenters. The number of ether oxygens (including phenoxy) is 1. The van der Waals surface area contributed by atoms with E-state index in [1.807, 2.05) is 26.8 Å². The van der Waals surface area contributed by atoms with Crippen molar-refractivity contribution in [1.29, 1.82) is 0 Å². The van der Waals surface area contributed by atoms with Gasteiger partial charge in [-0.1, -0.05) is 23.2 Å². The lowest BCUT2D eigenvalue weighted by molar-refractivity contribution is 0.0263. The number of halogens is 2. The molecule has 22 heavy (non-hydrogen) atoms. The van der Waals surface area contributed by atoms with Gasteiger partial charge in [-0.25, -0.2) is 9.78 Å². The monoisotopic (exact) mass is 345 g/mol. The van der Waals surface area contributed by atoms with Gasteiger partial charge < -0.3 is 14.5 Å². The van der Waals surface area contributed by atoms with Gasteiger partial charge in [0.1, 0.15) is 15.8 Å². The predicted octanol–water partition coefficient (Wildman–Crippen LogP) is 3.84. The molecule has 1 aliphatic rings. The third-order valence-electron chi connectivity index (χ3n) is 3.31. The van der Waals surface area contributed by atoms with Gasteiger partial charge in [0.15, 0.2) is 0 Å². The maximum atomic E-state index is 12.2. The van der Waals surface area contributed by atoms with E-state index in [0.717, 1.165) is 18.7 Å². The van der Waals surface area contributed by atoms with Crippen molar-refractivity contribution in [2.75, 3.05) is 31.1 Å². The van der Waals surface area contributed by atoms with Crippen LogP contribution in [0.5, 0.6) is 0 Å². The Labute approximate surface area is 141 Å². The molecule has 122 valence electrons. The molecule has 2 heterocycles. The molecule has 0 aliphatic carbocycles. The highest BCUT2D eigenvalue weighted by Crippen LogP contribution is 2.31. The lowest BCUT2D eigenvalue weighted by Crippen LogP contribution is -2.39. The quantitative estimate of drug-likeness (QED) is 0.725. The molecule has 1 aliphatic heterocycles. The topological polar surface area (TPSA) is 45.7 Å². The Hall–Kier alpha value is -1.20. The Morgan fingerprint density at radius 1 is 1.23 bits per heavy atom. The van der Waals surface area contributed by atoms with Crippen LogP contribution < -0.4 is 4.90 Å². The molecule has 0 unspecified atom stereocenters. The van der Waals surface area contributed by atoms with Crippen molar-refractivity contribution in [2.45, 2.75) is 32.8 Å². The van der Waals surface area contributed by atoms with Crippen molar-refractivity contribution >= 4 is 35.0 Å². The zero-order chi connectivity index (χ0) is 16.3. The summed E-state index contributed by atoms with van der Waals surface area (Å²) in [7, 11) is 0. The molecule has 1 aromatic heterocycles. The van der Waals surface area contributed by atoms with Crippen LogP contribution >= 0.6 is 23.2 Å². The second kappa shape index (κ2) is 6.92. The SMILES string of the molecule is CC(C)(C)OC(=O)N1CCCN(c2ccnc(Cl)c2Cl)CC1. The fourth-order valence-corrected chi connectivity index (χ4v) is 2.70. The molecule has 1 amide bonds. The molecule has 0 N–H and O–H groups in total. The highest BCUT2D eigenvalue weighted by Gasteiger charge is 2.25. The van der Waals surface area contributed by atoms with E-state index in [4.69, 9.17) is 27.9 Å². The first-order valence-electron chi connectivity index (χ1n) is 7.31.